The molecule has 3 heteroatoms. The first kappa shape index (κ1) is 11.7. The minimum atomic E-state index is -0.185. The van der Waals surface area contributed by atoms with Crippen molar-refractivity contribution >= 4 is 15.9 Å². The van der Waals surface area contributed by atoms with Gasteiger partial charge in [-0.2, -0.15) is 0 Å². The first-order chi connectivity index (χ1) is 8.24. The van der Waals surface area contributed by atoms with Crippen molar-refractivity contribution in [1.29, 1.82) is 0 Å². The van der Waals surface area contributed by atoms with Crippen molar-refractivity contribution in [1.82, 2.24) is 5.32 Å². The van der Waals surface area contributed by atoms with Crippen molar-refractivity contribution in [2.45, 2.75) is 38.3 Å². The highest BCUT2D eigenvalue weighted by atomic mass is 79.9. The second-order valence-corrected chi connectivity index (χ2v) is 6.18. The lowest BCUT2D eigenvalue weighted by Crippen LogP contribution is -2.32. The van der Waals surface area contributed by atoms with Crippen LogP contribution in [0.25, 0.3) is 0 Å². The van der Waals surface area contributed by atoms with Crippen LogP contribution < -0.4 is 5.32 Å². The van der Waals surface area contributed by atoms with E-state index in [9.17, 15) is 4.39 Å². The topological polar surface area (TPSA) is 12.0 Å². The van der Waals surface area contributed by atoms with Gasteiger partial charge in [-0.15, -0.1) is 0 Å². The van der Waals surface area contributed by atoms with E-state index in [-0.39, 0.29) is 5.82 Å². The smallest absolute Gasteiger partial charge is 0.137 e. The number of halogens is 2. The fourth-order valence-corrected chi connectivity index (χ4v) is 2.94. The molecule has 1 aromatic rings. The SMILES string of the molecule is Fc1ccc(CNC(C2CC2)C2CC2)cc1Br. The first-order valence-electron chi connectivity index (χ1n) is 6.41. The third-order valence-electron chi connectivity index (χ3n) is 3.79. The number of nitrogens with one attached hydrogen (secondary N) is 1. The predicted octanol–water partition coefficient (Wildman–Crippen LogP) is 3.87. The molecule has 1 aromatic carbocycles. The lowest BCUT2D eigenvalue weighted by atomic mass is 10.1. The fraction of sp³-hybridized carbons (Fsp3) is 0.571. The van der Waals surface area contributed by atoms with Crippen LogP contribution in [-0.4, -0.2) is 6.04 Å². The van der Waals surface area contributed by atoms with Crippen LogP contribution in [0.4, 0.5) is 4.39 Å². The van der Waals surface area contributed by atoms with Gasteiger partial charge in [0.1, 0.15) is 5.82 Å². The van der Waals surface area contributed by atoms with Crippen molar-refractivity contribution in [3.05, 3.63) is 34.1 Å². The normalized spacial score (nSPS) is 19.9. The molecule has 0 atom stereocenters. The number of benzene rings is 1. The van der Waals surface area contributed by atoms with Crippen LogP contribution in [-0.2, 0) is 6.54 Å². The standard InChI is InChI=1S/C14H17BrFN/c15-12-7-9(1-6-13(12)16)8-17-14(10-2-3-10)11-4-5-11/h1,6-7,10-11,14,17H,2-5,8H2. The van der Waals surface area contributed by atoms with Gasteiger partial charge < -0.3 is 5.32 Å². The molecule has 0 saturated heterocycles. The van der Waals surface area contributed by atoms with Crippen LogP contribution in [0.2, 0.25) is 0 Å². The second-order valence-electron chi connectivity index (χ2n) is 5.33. The lowest BCUT2D eigenvalue weighted by molar-refractivity contribution is 0.415. The Morgan fingerprint density at radius 2 is 1.88 bits per heavy atom. The summed E-state index contributed by atoms with van der Waals surface area (Å²) in [5.41, 5.74) is 1.16. The molecule has 2 saturated carbocycles. The molecule has 0 radical (unpaired) electrons. The van der Waals surface area contributed by atoms with Crippen LogP contribution in [0.3, 0.4) is 0 Å². The van der Waals surface area contributed by atoms with E-state index in [0.717, 1.165) is 23.9 Å². The zero-order valence-corrected chi connectivity index (χ0v) is 11.3. The average molecular weight is 298 g/mol. The number of hydrogen-bond acceptors (Lipinski definition) is 1. The van der Waals surface area contributed by atoms with E-state index in [4.69, 9.17) is 0 Å². The summed E-state index contributed by atoms with van der Waals surface area (Å²) >= 11 is 3.23. The summed E-state index contributed by atoms with van der Waals surface area (Å²) in [6, 6.07) is 5.98. The Labute approximate surface area is 110 Å². The van der Waals surface area contributed by atoms with Crippen LogP contribution in [0, 0.1) is 17.7 Å². The average Bonchev–Trinajstić information content (AvgIpc) is 3.14. The van der Waals surface area contributed by atoms with Gasteiger partial charge in [0.2, 0.25) is 0 Å². The third-order valence-corrected chi connectivity index (χ3v) is 4.39. The molecule has 2 aliphatic carbocycles. The molecule has 0 heterocycles. The quantitative estimate of drug-likeness (QED) is 0.870. The molecule has 1 N–H and O–H groups in total. The highest BCUT2D eigenvalue weighted by Gasteiger charge is 2.40. The molecule has 0 unspecified atom stereocenters. The summed E-state index contributed by atoms with van der Waals surface area (Å²) in [6.07, 6.45) is 5.56. The molecule has 0 spiro atoms. The van der Waals surface area contributed by atoms with E-state index in [0.29, 0.717) is 10.5 Å². The van der Waals surface area contributed by atoms with Gasteiger partial charge in [-0.25, -0.2) is 4.39 Å². The Bertz CT molecular complexity index is 401. The van der Waals surface area contributed by atoms with E-state index in [2.05, 4.69) is 21.2 Å². The van der Waals surface area contributed by atoms with Gasteiger partial charge >= 0.3 is 0 Å². The van der Waals surface area contributed by atoms with E-state index >= 15 is 0 Å². The molecular formula is C14H17BrFN. The second kappa shape index (κ2) is 4.69. The Balaban J connectivity index is 1.60. The molecule has 0 amide bonds. The highest BCUT2D eigenvalue weighted by Crippen LogP contribution is 2.44. The number of rotatable bonds is 5. The maximum absolute atomic E-state index is 13.1. The van der Waals surface area contributed by atoms with Crippen LogP contribution in [0.15, 0.2) is 22.7 Å². The molecular weight excluding hydrogens is 281 g/mol. The van der Waals surface area contributed by atoms with Gasteiger partial charge in [-0.05, 0) is 71.1 Å². The summed E-state index contributed by atoms with van der Waals surface area (Å²) in [5, 5.41) is 3.66. The fourth-order valence-electron chi connectivity index (χ4n) is 2.51. The Morgan fingerprint density at radius 1 is 1.24 bits per heavy atom. The molecule has 0 aromatic heterocycles. The summed E-state index contributed by atoms with van der Waals surface area (Å²) in [5.74, 6) is 1.63. The summed E-state index contributed by atoms with van der Waals surface area (Å²) in [6.45, 7) is 0.858. The molecule has 17 heavy (non-hydrogen) atoms. The summed E-state index contributed by atoms with van der Waals surface area (Å²) in [4.78, 5) is 0. The minimum Gasteiger partial charge on any atom is -0.309 e. The minimum absolute atomic E-state index is 0.185. The predicted molar refractivity (Wildman–Crippen MR) is 70.2 cm³/mol. The van der Waals surface area contributed by atoms with E-state index < -0.39 is 0 Å². The molecule has 0 bridgehead atoms. The highest BCUT2D eigenvalue weighted by molar-refractivity contribution is 9.10. The van der Waals surface area contributed by atoms with E-state index in [1.54, 1.807) is 0 Å². The van der Waals surface area contributed by atoms with Crippen molar-refractivity contribution in [2.75, 3.05) is 0 Å². The Hall–Kier alpha value is -0.410. The maximum Gasteiger partial charge on any atom is 0.137 e. The van der Waals surface area contributed by atoms with Gasteiger partial charge in [0, 0.05) is 12.6 Å². The Kier molecular flexibility index (Phi) is 3.22. The van der Waals surface area contributed by atoms with Crippen LogP contribution >= 0.6 is 15.9 Å². The van der Waals surface area contributed by atoms with Crippen molar-refractivity contribution in [3.8, 4) is 0 Å². The molecule has 3 rings (SSSR count). The zero-order valence-electron chi connectivity index (χ0n) is 9.76. The molecule has 2 aliphatic rings. The van der Waals surface area contributed by atoms with Crippen molar-refractivity contribution in [3.63, 3.8) is 0 Å². The van der Waals surface area contributed by atoms with Gasteiger partial charge in [0.05, 0.1) is 4.47 Å². The van der Waals surface area contributed by atoms with Gasteiger partial charge in [0.25, 0.3) is 0 Å². The maximum atomic E-state index is 13.1. The van der Waals surface area contributed by atoms with E-state index in [1.807, 2.05) is 12.1 Å². The zero-order chi connectivity index (χ0) is 11.8. The first-order valence-corrected chi connectivity index (χ1v) is 7.20. The number of hydrogen-bond donors (Lipinski definition) is 1. The van der Waals surface area contributed by atoms with Gasteiger partial charge in [-0.3, -0.25) is 0 Å². The molecule has 92 valence electrons. The Morgan fingerprint density at radius 3 is 2.41 bits per heavy atom. The summed E-state index contributed by atoms with van der Waals surface area (Å²) < 4.78 is 13.7. The molecule has 2 fully saturated rings. The van der Waals surface area contributed by atoms with Gasteiger partial charge in [-0.1, -0.05) is 6.07 Å². The van der Waals surface area contributed by atoms with Gasteiger partial charge in [0.15, 0.2) is 0 Å². The van der Waals surface area contributed by atoms with Crippen LogP contribution in [0.5, 0.6) is 0 Å². The third kappa shape index (κ3) is 2.89. The molecule has 0 aliphatic heterocycles. The van der Waals surface area contributed by atoms with Crippen molar-refractivity contribution < 1.29 is 4.39 Å². The molecule has 1 nitrogen and oxygen atoms in total. The monoisotopic (exact) mass is 297 g/mol. The van der Waals surface area contributed by atoms with Crippen LogP contribution in [0.1, 0.15) is 31.2 Å². The lowest BCUT2D eigenvalue weighted by Gasteiger charge is -2.17. The van der Waals surface area contributed by atoms with E-state index in [1.165, 1.54) is 31.7 Å². The van der Waals surface area contributed by atoms with Crippen molar-refractivity contribution in [2.24, 2.45) is 11.8 Å². The largest absolute Gasteiger partial charge is 0.309 e. The summed E-state index contributed by atoms with van der Waals surface area (Å²) in [7, 11) is 0.